The zero-order valence-electron chi connectivity index (χ0n) is 12.9. The number of carbonyl (C=O) groups is 1. The van der Waals surface area contributed by atoms with Gasteiger partial charge in [-0.05, 0) is 39.5 Å². The number of carbonyl (C=O) groups excluding carboxylic acids is 1. The fraction of sp³-hybridized carbons (Fsp3) is 0.800. The first-order chi connectivity index (χ1) is 10.1. The van der Waals surface area contributed by atoms with Crippen LogP contribution in [0.4, 0.5) is 0 Å². The zero-order chi connectivity index (χ0) is 14.8. The first-order valence-corrected chi connectivity index (χ1v) is 7.92. The highest BCUT2D eigenvalue weighted by Gasteiger charge is 2.28. The van der Waals surface area contributed by atoms with E-state index in [9.17, 15) is 4.79 Å². The normalized spacial score (nSPS) is 26.3. The average Bonchev–Trinajstić information content (AvgIpc) is 3.08. The summed E-state index contributed by atoms with van der Waals surface area (Å²) in [6, 6.07) is 0.258. The quantitative estimate of drug-likeness (QED) is 0.849. The number of piperidine rings is 1. The number of rotatable bonds is 3. The first kappa shape index (κ1) is 14.5. The maximum atomic E-state index is 12.4. The lowest BCUT2D eigenvalue weighted by Gasteiger charge is -2.33. The van der Waals surface area contributed by atoms with Crippen LogP contribution >= 0.6 is 0 Å². The van der Waals surface area contributed by atoms with Gasteiger partial charge in [0.05, 0.1) is 18.6 Å². The van der Waals surface area contributed by atoms with Crippen molar-refractivity contribution in [3.8, 4) is 0 Å². The summed E-state index contributed by atoms with van der Waals surface area (Å²) in [4.78, 5) is 18.8. The molecule has 21 heavy (non-hydrogen) atoms. The fourth-order valence-electron chi connectivity index (χ4n) is 3.39. The second-order valence-corrected chi connectivity index (χ2v) is 6.13. The van der Waals surface area contributed by atoms with E-state index in [2.05, 4.69) is 10.1 Å². The SMILES string of the molecule is Cc1nc(C)n(C2CCCN(C(=O)CC3CCCO3)C2)n1. The van der Waals surface area contributed by atoms with Gasteiger partial charge in [-0.1, -0.05) is 0 Å². The molecule has 2 aliphatic rings. The Kier molecular flexibility index (Phi) is 4.24. The van der Waals surface area contributed by atoms with Crippen molar-refractivity contribution in [1.29, 1.82) is 0 Å². The highest BCUT2D eigenvalue weighted by Crippen LogP contribution is 2.24. The van der Waals surface area contributed by atoms with Crippen molar-refractivity contribution in [2.45, 2.75) is 58.1 Å². The van der Waals surface area contributed by atoms with Crippen molar-refractivity contribution in [3.05, 3.63) is 11.6 Å². The van der Waals surface area contributed by atoms with Crippen LogP contribution in [0, 0.1) is 13.8 Å². The zero-order valence-corrected chi connectivity index (χ0v) is 12.9. The molecule has 0 aromatic carbocycles. The number of aromatic nitrogens is 3. The van der Waals surface area contributed by atoms with E-state index >= 15 is 0 Å². The molecular weight excluding hydrogens is 268 g/mol. The molecule has 1 aromatic rings. The van der Waals surface area contributed by atoms with Crippen LogP contribution in [0.1, 0.15) is 49.8 Å². The van der Waals surface area contributed by atoms with Gasteiger partial charge in [-0.3, -0.25) is 4.79 Å². The highest BCUT2D eigenvalue weighted by molar-refractivity contribution is 5.76. The maximum absolute atomic E-state index is 12.4. The average molecular weight is 292 g/mol. The van der Waals surface area contributed by atoms with Crippen LogP contribution in [0.15, 0.2) is 0 Å². The smallest absolute Gasteiger partial charge is 0.225 e. The minimum absolute atomic E-state index is 0.133. The van der Waals surface area contributed by atoms with Gasteiger partial charge in [0.2, 0.25) is 5.91 Å². The molecule has 0 aliphatic carbocycles. The Morgan fingerprint density at radius 1 is 1.33 bits per heavy atom. The molecule has 2 atom stereocenters. The van der Waals surface area contributed by atoms with Gasteiger partial charge in [0.15, 0.2) is 0 Å². The maximum Gasteiger partial charge on any atom is 0.225 e. The van der Waals surface area contributed by atoms with Crippen molar-refractivity contribution in [2.24, 2.45) is 0 Å². The van der Waals surface area contributed by atoms with Crippen LogP contribution in [0.3, 0.4) is 0 Å². The second-order valence-electron chi connectivity index (χ2n) is 6.13. The third kappa shape index (κ3) is 3.26. The minimum Gasteiger partial charge on any atom is -0.378 e. The number of likely N-dealkylation sites (tertiary alicyclic amines) is 1. The summed E-state index contributed by atoms with van der Waals surface area (Å²) in [6.45, 7) is 6.29. The molecule has 2 fully saturated rings. The summed E-state index contributed by atoms with van der Waals surface area (Å²) in [7, 11) is 0. The van der Waals surface area contributed by atoms with Crippen molar-refractivity contribution in [3.63, 3.8) is 0 Å². The van der Waals surface area contributed by atoms with Gasteiger partial charge in [-0.2, -0.15) is 5.10 Å². The molecule has 0 saturated carbocycles. The number of ether oxygens (including phenoxy) is 1. The summed E-state index contributed by atoms with van der Waals surface area (Å²) in [6.07, 6.45) is 4.85. The van der Waals surface area contributed by atoms with Gasteiger partial charge in [0.1, 0.15) is 11.6 Å². The van der Waals surface area contributed by atoms with Crippen LogP contribution in [0.25, 0.3) is 0 Å². The third-order valence-electron chi connectivity index (χ3n) is 4.43. The van der Waals surface area contributed by atoms with E-state index in [4.69, 9.17) is 4.74 Å². The number of amides is 1. The molecule has 3 rings (SSSR count). The van der Waals surface area contributed by atoms with Crippen LogP contribution in [-0.2, 0) is 9.53 Å². The number of aryl methyl sites for hydroxylation is 2. The van der Waals surface area contributed by atoms with E-state index in [1.54, 1.807) is 0 Å². The van der Waals surface area contributed by atoms with Gasteiger partial charge in [-0.25, -0.2) is 9.67 Å². The van der Waals surface area contributed by atoms with Gasteiger partial charge < -0.3 is 9.64 Å². The monoisotopic (exact) mass is 292 g/mol. The lowest BCUT2D eigenvalue weighted by molar-refractivity contribution is -0.135. The molecule has 0 radical (unpaired) electrons. The minimum atomic E-state index is 0.133. The summed E-state index contributed by atoms with van der Waals surface area (Å²) in [5.74, 6) is 1.96. The molecule has 2 saturated heterocycles. The van der Waals surface area contributed by atoms with Crippen LogP contribution in [0.5, 0.6) is 0 Å². The molecule has 2 aliphatic heterocycles. The predicted molar refractivity (Wildman–Crippen MR) is 77.9 cm³/mol. The Balaban J connectivity index is 1.62. The summed E-state index contributed by atoms with van der Waals surface area (Å²) in [5, 5.41) is 4.47. The standard InChI is InChI=1S/C15H24N4O2/c1-11-16-12(2)19(17-11)13-5-3-7-18(10-13)15(20)9-14-6-4-8-21-14/h13-14H,3-10H2,1-2H3. The molecule has 2 unspecified atom stereocenters. The van der Waals surface area contributed by atoms with Crippen LogP contribution < -0.4 is 0 Å². The van der Waals surface area contributed by atoms with Crippen molar-refractivity contribution >= 4 is 5.91 Å². The molecule has 3 heterocycles. The fourth-order valence-corrected chi connectivity index (χ4v) is 3.39. The number of hydrogen-bond acceptors (Lipinski definition) is 4. The molecule has 6 nitrogen and oxygen atoms in total. The lowest BCUT2D eigenvalue weighted by atomic mass is 10.0. The van der Waals surface area contributed by atoms with Crippen molar-refractivity contribution in [2.75, 3.05) is 19.7 Å². The Labute approximate surface area is 125 Å². The molecule has 6 heteroatoms. The molecule has 1 amide bonds. The molecule has 116 valence electrons. The molecule has 1 aromatic heterocycles. The van der Waals surface area contributed by atoms with Crippen molar-refractivity contribution in [1.82, 2.24) is 19.7 Å². The van der Waals surface area contributed by atoms with Gasteiger partial charge in [0, 0.05) is 19.7 Å². The lowest BCUT2D eigenvalue weighted by Crippen LogP contribution is -2.42. The topological polar surface area (TPSA) is 60.2 Å². The highest BCUT2D eigenvalue weighted by atomic mass is 16.5. The Hall–Kier alpha value is -1.43. The second kappa shape index (κ2) is 6.13. The summed E-state index contributed by atoms with van der Waals surface area (Å²) >= 11 is 0. The van der Waals surface area contributed by atoms with E-state index in [-0.39, 0.29) is 18.1 Å². The van der Waals surface area contributed by atoms with Gasteiger partial charge >= 0.3 is 0 Å². The first-order valence-electron chi connectivity index (χ1n) is 7.92. The Morgan fingerprint density at radius 3 is 2.86 bits per heavy atom. The van der Waals surface area contributed by atoms with Crippen LogP contribution in [-0.4, -0.2) is 51.4 Å². The largest absolute Gasteiger partial charge is 0.378 e. The van der Waals surface area contributed by atoms with E-state index in [0.29, 0.717) is 6.42 Å². The Bertz CT molecular complexity index is 508. The van der Waals surface area contributed by atoms with Gasteiger partial charge in [0.25, 0.3) is 0 Å². The molecule has 0 N–H and O–H groups in total. The van der Waals surface area contributed by atoms with E-state index in [0.717, 1.165) is 57.0 Å². The summed E-state index contributed by atoms with van der Waals surface area (Å²) in [5.41, 5.74) is 0. The van der Waals surface area contributed by atoms with E-state index in [1.165, 1.54) is 0 Å². The molecular formula is C15H24N4O2. The number of nitrogens with zero attached hydrogens (tertiary/aromatic N) is 4. The van der Waals surface area contributed by atoms with Crippen molar-refractivity contribution < 1.29 is 9.53 Å². The summed E-state index contributed by atoms with van der Waals surface area (Å²) < 4.78 is 7.56. The van der Waals surface area contributed by atoms with Gasteiger partial charge in [-0.15, -0.1) is 0 Å². The third-order valence-corrected chi connectivity index (χ3v) is 4.43. The Morgan fingerprint density at radius 2 is 2.19 bits per heavy atom. The molecule has 0 spiro atoms. The van der Waals surface area contributed by atoms with E-state index < -0.39 is 0 Å². The molecule has 0 bridgehead atoms. The van der Waals surface area contributed by atoms with E-state index in [1.807, 2.05) is 23.4 Å². The van der Waals surface area contributed by atoms with Crippen LogP contribution in [0.2, 0.25) is 0 Å². The number of hydrogen-bond donors (Lipinski definition) is 0. The predicted octanol–water partition coefficient (Wildman–Crippen LogP) is 1.63.